The molecule has 0 spiro atoms. The molecule has 0 radical (unpaired) electrons. The molecule has 1 saturated heterocycles. The van der Waals surface area contributed by atoms with Crippen LogP contribution in [0.4, 0.5) is 5.95 Å². The lowest BCUT2D eigenvalue weighted by atomic mass is 9.82. The van der Waals surface area contributed by atoms with E-state index in [0.717, 1.165) is 37.6 Å². The summed E-state index contributed by atoms with van der Waals surface area (Å²) in [6.07, 6.45) is 5.92. The number of nitrogens with zero attached hydrogens (tertiary/aromatic N) is 4. The van der Waals surface area contributed by atoms with Crippen molar-refractivity contribution in [2.45, 2.75) is 44.9 Å². The van der Waals surface area contributed by atoms with Gasteiger partial charge in [0.15, 0.2) is 0 Å². The third kappa shape index (κ3) is 2.56. The van der Waals surface area contributed by atoms with E-state index in [1.807, 2.05) is 6.92 Å². The zero-order valence-electron chi connectivity index (χ0n) is 11.5. The van der Waals surface area contributed by atoms with Gasteiger partial charge in [-0.15, -0.1) is 0 Å². The summed E-state index contributed by atoms with van der Waals surface area (Å²) in [4.78, 5) is 11.5. The van der Waals surface area contributed by atoms with Crippen LogP contribution in [0.3, 0.4) is 0 Å². The van der Waals surface area contributed by atoms with Crippen molar-refractivity contribution in [2.75, 3.05) is 18.0 Å². The van der Waals surface area contributed by atoms with Crippen LogP contribution in [-0.4, -0.2) is 23.1 Å². The Morgan fingerprint density at radius 2 is 2.11 bits per heavy atom. The minimum atomic E-state index is 0.130. The predicted molar refractivity (Wildman–Crippen MR) is 73.9 cm³/mol. The second kappa shape index (κ2) is 5.16. The van der Waals surface area contributed by atoms with Gasteiger partial charge in [-0.05, 0) is 38.7 Å². The molecule has 1 saturated carbocycles. The van der Waals surface area contributed by atoms with E-state index in [9.17, 15) is 0 Å². The van der Waals surface area contributed by atoms with Crippen LogP contribution in [0, 0.1) is 24.2 Å². The SMILES string of the molecule is Cc1cc(C2CCC2)nc(N2CCCC(C#N)C2)n1. The second-order valence-electron chi connectivity index (χ2n) is 5.78. The van der Waals surface area contributed by atoms with Gasteiger partial charge in [0.05, 0.1) is 12.0 Å². The van der Waals surface area contributed by atoms with E-state index in [0.29, 0.717) is 5.92 Å². The summed E-state index contributed by atoms with van der Waals surface area (Å²) in [5.41, 5.74) is 2.25. The molecule has 1 aliphatic heterocycles. The summed E-state index contributed by atoms with van der Waals surface area (Å²) in [6.45, 7) is 3.80. The third-order valence-electron chi connectivity index (χ3n) is 4.27. The van der Waals surface area contributed by atoms with E-state index in [4.69, 9.17) is 10.2 Å². The van der Waals surface area contributed by atoms with Crippen molar-refractivity contribution in [2.24, 2.45) is 5.92 Å². The van der Waals surface area contributed by atoms with Gasteiger partial charge in [-0.3, -0.25) is 0 Å². The van der Waals surface area contributed by atoms with E-state index in [1.54, 1.807) is 0 Å². The van der Waals surface area contributed by atoms with Gasteiger partial charge in [0, 0.05) is 30.4 Å². The largest absolute Gasteiger partial charge is 0.339 e. The smallest absolute Gasteiger partial charge is 0.225 e. The number of hydrogen-bond donors (Lipinski definition) is 0. The minimum absolute atomic E-state index is 0.130. The fraction of sp³-hybridized carbons (Fsp3) is 0.667. The average molecular weight is 256 g/mol. The molecule has 1 aromatic rings. The monoisotopic (exact) mass is 256 g/mol. The topological polar surface area (TPSA) is 52.8 Å². The molecule has 0 bridgehead atoms. The van der Waals surface area contributed by atoms with Crippen molar-refractivity contribution in [3.8, 4) is 6.07 Å². The molecule has 4 nitrogen and oxygen atoms in total. The maximum Gasteiger partial charge on any atom is 0.225 e. The van der Waals surface area contributed by atoms with E-state index in [-0.39, 0.29) is 5.92 Å². The van der Waals surface area contributed by atoms with Crippen LogP contribution < -0.4 is 4.90 Å². The van der Waals surface area contributed by atoms with Crippen LogP contribution in [0.2, 0.25) is 0 Å². The molecule has 1 aliphatic carbocycles. The molecule has 0 N–H and O–H groups in total. The number of anilines is 1. The van der Waals surface area contributed by atoms with Gasteiger partial charge in [0.25, 0.3) is 0 Å². The third-order valence-corrected chi connectivity index (χ3v) is 4.27. The number of aryl methyl sites for hydroxylation is 1. The molecular weight excluding hydrogens is 236 g/mol. The Morgan fingerprint density at radius 3 is 2.79 bits per heavy atom. The zero-order valence-corrected chi connectivity index (χ0v) is 11.5. The Balaban J connectivity index is 1.83. The first kappa shape index (κ1) is 12.4. The lowest BCUT2D eigenvalue weighted by molar-refractivity contribution is 0.409. The van der Waals surface area contributed by atoms with Crippen LogP contribution in [0.5, 0.6) is 0 Å². The van der Waals surface area contributed by atoms with Crippen molar-refractivity contribution in [3.05, 3.63) is 17.5 Å². The van der Waals surface area contributed by atoms with Crippen molar-refractivity contribution in [1.29, 1.82) is 5.26 Å². The fourth-order valence-corrected chi connectivity index (χ4v) is 2.90. The minimum Gasteiger partial charge on any atom is -0.339 e. The van der Waals surface area contributed by atoms with E-state index in [1.165, 1.54) is 25.0 Å². The van der Waals surface area contributed by atoms with Crippen molar-refractivity contribution in [1.82, 2.24) is 9.97 Å². The summed E-state index contributed by atoms with van der Waals surface area (Å²) in [7, 11) is 0. The highest BCUT2D eigenvalue weighted by Gasteiger charge is 2.25. The molecule has 0 amide bonds. The Labute approximate surface area is 114 Å². The average Bonchev–Trinajstić information content (AvgIpc) is 2.36. The molecular formula is C15H20N4. The van der Waals surface area contributed by atoms with E-state index < -0.39 is 0 Å². The van der Waals surface area contributed by atoms with Crippen LogP contribution in [0.15, 0.2) is 6.07 Å². The number of nitriles is 1. The van der Waals surface area contributed by atoms with Gasteiger partial charge < -0.3 is 4.90 Å². The van der Waals surface area contributed by atoms with Gasteiger partial charge in [-0.2, -0.15) is 5.26 Å². The summed E-state index contributed by atoms with van der Waals surface area (Å²) in [6, 6.07) is 4.50. The molecule has 1 unspecified atom stereocenters. The van der Waals surface area contributed by atoms with Crippen LogP contribution in [0.25, 0.3) is 0 Å². The first-order valence-corrected chi connectivity index (χ1v) is 7.26. The molecule has 2 aliphatic rings. The predicted octanol–water partition coefficient (Wildman–Crippen LogP) is 2.79. The lowest BCUT2D eigenvalue weighted by Crippen LogP contribution is -2.36. The summed E-state index contributed by atoms with van der Waals surface area (Å²) >= 11 is 0. The highest BCUT2D eigenvalue weighted by Crippen LogP contribution is 2.36. The van der Waals surface area contributed by atoms with E-state index in [2.05, 4.69) is 22.0 Å². The Bertz CT molecular complexity index is 501. The normalized spacial score (nSPS) is 23.8. The molecule has 1 aromatic heterocycles. The Kier molecular flexibility index (Phi) is 3.37. The highest BCUT2D eigenvalue weighted by atomic mass is 15.3. The Morgan fingerprint density at radius 1 is 1.26 bits per heavy atom. The molecule has 0 aromatic carbocycles. The lowest BCUT2D eigenvalue weighted by Gasteiger charge is -2.31. The van der Waals surface area contributed by atoms with Crippen LogP contribution in [0.1, 0.15) is 49.4 Å². The van der Waals surface area contributed by atoms with Crippen LogP contribution in [-0.2, 0) is 0 Å². The van der Waals surface area contributed by atoms with Gasteiger partial charge >= 0.3 is 0 Å². The molecule has 100 valence electrons. The summed E-state index contributed by atoms with van der Waals surface area (Å²) in [5.74, 6) is 1.60. The van der Waals surface area contributed by atoms with Crippen molar-refractivity contribution < 1.29 is 0 Å². The maximum atomic E-state index is 9.08. The van der Waals surface area contributed by atoms with Crippen molar-refractivity contribution >= 4 is 5.95 Å². The number of rotatable bonds is 2. The quantitative estimate of drug-likeness (QED) is 0.816. The zero-order chi connectivity index (χ0) is 13.2. The fourth-order valence-electron chi connectivity index (χ4n) is 2.90. The van der Waals surface area contributed by atoms with Gasteiger partial charge in [0.2, 0.25) is 5.95 Å². The van der Waals surface area contributed by atoms with Gasteiger partial charge in [0.1, 0.15) is 0 Å². The first-order chi connectivity index (χ1) is 9.26. The first-order valence-electron chi connectivity index (χ1n) is 7.26. The van der Waals surface area contributed by atoms with Gasteiger partial charge in [-0.1, -0.05) is 6.42 Å². The number of hydrogen-bond acceptors (Lipinski definition) is 4. The summed E-state index contributed by atoms with van der Waals surface area (Å²) < 4.78 is 0. The highest BCUT2D eigenvalue weighted by molar-refractivity contribution is 5.35. The molecule has 1 atom stereocenters. The molecule has 2 fully saturated rings. The second-order valence-corrected chi connectivity index (χ2v) is 5.78. The van der Waals surface area contributed by atoms with E-state index >= 15 is 0 Å². The molecule has 3 rings (SSSR count). The maximum absolute atomic E-state index is 9.08. The van der Waals surface area contributed by atoms with Crippen LogP contribution >= 0.6 is 0 Å². The Hall–Kier alpha value is -1.63. The standard InChI is InChI=1S/C15H20N4/c1-11-8-14(13-5-2-6-13)18-15(17-11)19-7-3-4-12(9-16)10-19/h8,12-13H,2-7,10H2,1H3. The summed E-state index contributed by atoms with van der Waals surface area (Å²) in [5, 5.41) is 9.08. The van der Waals surface area contributed by atoms with Gasteiger partial charge in [-0.25, -0.2) is 9.97 Å². The van der Waals surface area contributed by atoms with Crippen molar-refractivity contribution in [3.63, 3.8) is 0 Å². The molecule has 2 heterocycles. The molecule has 19 heavy (non-hydrogen) atoms. The number of aromatic nitrogens is 2. The number of piperidine rings is 1. The molecule has 4 heteroatoms.